The maximum Gasteiger partial charge on any atom is 0.472 e. The van der Waals surface area contributed by atoms with Crippen molar-refractivity contribution in [3.8, 4) is 0 Å². The van der Waals surface area contributed by atoms with E-state index in [4.69, 9.17) is 18.5 Å². The van der Waals surface area contributed by atoms with E-state index < -0.39 is 32.5 Å². The van der Waals surface area contributed by atoms with E-state index in [0.29, 0.717) is 23.9 Å². The molecule has 0 bridgehead atoms. The lowest BCUT2D eigenvalue weighted by atomic mass is 10.1. The van der Waals surface area contributed by atoms with Crippen molar-refractivity contribution in [2.45, 2.75) is 174 Å². The highest BCUT2D eigenvalue weighted by Gasteiger charge is 2.27. The van der Waals surface area contributed by atoms with Gasteiger partial charge >= 0.3 is 19.8 Å². The van der Waals surface area contributed by atoms with Crippen LogP contribution in [-0.2, 0) is 32.7 Å². The zero-order chi connectivity index (χ0) is 42.8. The first-order valence-electron chi connectivity index (χ1n) is 22.7. The van der Waals surface area contributed by atoms with Gasteiger partial charge in [-0.3, -0.25) is 18.6 Å². The van der Waals surface area contributed by atoms with Crippen LogP contribution in [0.2, 0.25) is 0 Å². The Morgan fingerprint density at radius 2 is 0.931 bits per heavy atom. The number of likely N-dealkylation sites (N-methyl/N-ethyl adjacent to an activating group) is 1. The number of unbranched alkanes of at least 4 members (excludes halogenated alkanes) is 14. The average Bonchev–Trinajstić information content (AvgIpc) is 3.17. The lowest BCUT2D eigenvalue weighted by Gasteiger charge is -2.24. The van der Waals surface area contributed by atoms with E-state index >= 15 is 0 Å². The summed E-state index contributed by atoms with van der Waals surface area (Å²) in [6.07, 6.45) is 49.4. The molecule has 0 amide bonds. The van der Waals surface area contributed by atoms with E-state index in [1.54, 1.807) is 0 Å². The second-order valence-corrected chi connectivity index (χ2v) is 17.5. The van der Waals surface area contributed by atoms with Gasteiger partial charge in [0.05, 0.1) is 27.7 Å². The van der Waals surface area contributed by atoms with Gasteiger partial charge in [-0.15, -0.1) is 0 Å². The van der Waals surface area contributed by atoms with Gasteiger partial charge in [-0.05, 0) is 89.9 Å². The molecule has 0 spiro atoms. The Morgan fingerprint density at radius 1 is 0.534 bits per heavy atom. The van der Waals surface area contributed by atoms with Crippen molar-refractivity contribution in [2.75, 3.05) is 47.5 Å². The summed E-state index contributed by atoms with van der Waals surface area (Å²) in [6.45, 7) is 4.30. The van der Waals surface area contributed by atoms with E-state index in [-0.39, 0.29) is 26.1 Å². The second kappa shape index (κ2) is 39.9. The third-order valence-corrected chi connectivity index (χ3v) is 10.2. The summed E-state index contributed by atoms with van der Waals surface area (Å²) >= 11 is 0. The summed E-state index contributed by atoms with van der Waals surface area (Å²) in [4.78, 5) is 35.4. The number of phosphoric acid groups is 1. The van der Waals surface area contributed by atoms with Crippen molar-refractivity contribution in [2.24, 2.45) is 0 Å². The SMILES string of the molecule is CCCCC/C=C\C/C=C\C/C=C\C/C=C\CCCCCC(=O)OC[C@H](COP(=O)(O)OCC[N+](C)(C)C)OC(=O)CCCCCCC/C=C\C/C=C\CCCCC. The lowest BCUT2D eigenvalue weighted by Crippen LogP contribution is -2.37. The van der Waals surface area contributed by atoms with Crippen LogP contribution >= 0.6 is 7.82 Å². The molecular weight excluding hydrogens is 750 g/mol. The van der Waals surface area contributed by atoms with E-state index in [1.807, 2.05) is 21.1 Å². The van der Waals surface area contributed by atoms with Crippen molar-refractivity contribution in [3.05, 3.63) is 72.9 Å². The predicted octanol–water partition coefficient (Wildman–Crippen LogP) is 13.0. The molecule has 0 saturated carbocycles. The zero-order valence-corrected chi connectivity index (χ0v) is 38.4. The van der Waals surface area contributed by atoms with Crippen LogP contribution in [0.1, 0.15) is 168 Å². The maximum atomic E-state index is 12.7. The number of phosphoric ester groups is 1. The Labute approximate surface area is 355 Å². The van der Waals surface area contributed by atoms with E-state index in [1.165, 1.54) is 51.4 Å². The van der Waals surface area contributed by atoms with Crippen molar-refractivity contribution in [1.82, 2.24) is 0 Å². The predicted molar refractivity (Wildman–Crippen MR) is 242 cm³/mol. The lowest BCUT2D eigenvalue weighted by molar-refractivity contribution is -0.870. The van der Waals surface area contributed by atoms with E-state index in [0.717, 1.165) is 77.0 Å². The van der Waals surface area contributed by atoms with Gasteiger partial charge in [-0.25, -0.2) is 4.57 Å². The molecule has 0 saturated heterocycles. The summed E-state index contributed by atoms with van der Waals surface area (Å²) in [5, 5.41) is 0. The minimum absolute atomic E-state index is 0.0198. The van der Waals surface area contributed by atoms with E-state index in [9.17, 15) is 19.0 Å². The third-order valence-electron chi connectivity index (χ3n) is 9.21. The molecule has 10 heteroatoms. The molecule has 2 atom stereocenters. The molecule has 0 heterocycles. The average molecular weight is 835 g/mol. The normalized spacial score (nSPS) is 14.2. The highest BCUT2D eigenvalue weighted by Crippen LogP contribution is 2.43. The number of carbonyl (C=O) groups is 2. The molecule has 0 radical (unpaired) electrons. The van der Waals surface area contributed by atoms with Crippen LogP contribution in [0.4, 0.5) is 0 Å². The van der Waals surface area contributed by atoms with Crippen LogP contribution in [0, 0.1) is 0 Å². The Balaban J connectivity index is 4.44. The molecule has 1 N–H and O–H groups in total. The first kappa shape index (κ1) is 55.5. The molecule has 0 aromatic rings. The zero-order valence-electron chi connectivity index (χ0n) is 37.5. The van der Waals surface area contributed by atoms with Crippen molar-refractivity contribution < 1.29 is 42.1 Å². The van der Waals surface area contributed by atoms with Gasteiger partial charge in [0.2, 0.25) is 0 Å². The van der Waals surface area contributed by atoms with Gasteiger partial charge < -0.3 is 18.9 Å². The highest BCUT2D eigenvalue weighted by atomic mass is 31.2. The number of hydrogen-bond donors (Lipinski definition) is 1. The Bertz CT molecular complexity index is 1220. The summed E-state index contributed by atoms with van der Waals surface area (Å²) in [5.74, 6) is -0.857. The van der Waals surface area contributed by atoms with Crippen LogP contribution in [0.5, 0.6) is 0 Å². The molecule has 58 heavy (non-hydrogen) atoms. The minimum Gasteiger partial charge on any atom is -0.462 e. The molecule has 0 fully saturated rings. The quantitative estimate of drug-likeness (QED) is 0.0214. The summed E-state index contributed by atoms with van der Waals surface area (Å²) < 4.78 is 34.3. The number of ether oxygens (including phenoxy) is 2. The largest absolute Gasteiger partial charge is 0.472 e. The standard InChI is InChI=1S/C48H84NO8P/c1-6-8-10-12-14-16-18-20-22-23-24-25-27-28-30-32-34-36-38-40-47(50)54-44-46(45-56-58(52,53)55-43-42-49(3,4)5)57-48(51)41-39-37-35-33-31-29-26-21-19-17-15-13-11-9-7-2/h14-17,20-22,24-26,28,30,46H,6-13,18-19,23,27,29,31-45H2,1-5H3/p+1/b16-14-,17-15-,22-20-,25-24-,26-21-,30-28-/t46-/m1/s1. The van der Waals surface area contributed by atoms with Crippen LogP contribution in [0.15, 0.2) is 72.9 Å². The first-order chi connectivity index (χ1) is 28.0. The molecule has 9 nitrogen and oxygen atoms in total. The number of esters is 2. The molecule has 0 aromatic heterocycles. The van der Waals surface area contributed by atoms with Crippen molar-refractivity contribution in [1.29, 1.82) is 0 Å². The first-order valence-corrected chi connectivity index (χ1v) is 24.2. The van der Waals surface area contributed by atoms with E-state index in [2.05, 4.69) is 86.8 Å². The molecule has 0 rings (SSSR count). The summed E-state index contributed by atoms with van der Waals surface area (Å²) in [5.41, 5.74) is 0. The fraction of sp³-hybridized carbons (Fsp3) is 0.708. The maximum absolute atomic E-state index is 12.7. The molecular formula is C48H85NO8P+. The number of carbonyl (C=O) groups excluding carboxylic acids is 2. The fourth-order valence-electron chi connectivity index (χ4n) is 5.61. The fourth-order valence-corrected chi connectivity index (χ4v) is 6.36. The number of quaternary nitrogens is 1. The van der Waals surface area contributed by atoms with Gasteiger partial charge in [0.15, 0.2) is 6.10 Å². The number of allylic oxidation sites excluding steroid dienone is 12. The van der Waals surface area contributed by atoms with Crippen LogP contribution < -0.4 is 0 Å². The number of nitrogens with zero attached hydrogens (tertiary/aromatic N) is 1. The molecule has 334 valence electrons. The molecule has 1 unspecified atom stereocenters. The summed E-state index contributed by atoms with van der Waals surface area (Å²) in [6, 6.07) is 0. The third kappa shape index (κ3) is 43.0. The van der Waals surface area contributed by atoms with Crippen LogP contribution in [-0.4, -0.2) is 74.9 Å². The van der Waals surface area contributed by atoms with Gasteiger partial charge in [0.1, 0.15) is 19.8 Å². The van der Waals surface area contributed by atoms with Gasteiger partial charge in [-0.2, -0.15) is 0 Å². The Kier molecular flexibility index (Phi) is 38.1. The van der Waals surface area contributed by atoms with Gasteiger partial charge in [0, 0.05) is 12.8 Å². The minimum atomic E-state index is -4.39. The van der Waals surface area contributed by atoms with Crippen LogP contribution in [0.25, 0.3) is 0 Å². The smallest absolute Gasteiger partial charge is 0.462 e. The van der Waals surface area contributed by atoms with Gasteiger partial charge in [0.25, 0.3) is 0 Å². The monoisotopic (exact) mass is 835 g/mol. The molecule has 0 aliphatic carbocycles. The molecule has 0 aromatic carbocycles. The molecule has 0 aliphatic rings. The topological polar surface area (TPSA) is 108 Å². The Morgan fingerprint density at radius 3 is 1.40 bits per heavy atom. The molecule has 0 aliphatic heterocycles. The Hall–Kier alpha value is -2.55. The second-order valence-electron chi connectivity index (χ2n) is 16.1. The van der Waals surface area contributed by atoms with Crippen molar-refractivity contribution >= 4 is 19.8 Å². The van der Waals surface area contributed by atoms with Crippen molar-refractivity contribution in [3.63, 3.8) is 0 Å². The number of hydrogen-bond acceptors (Lipinski definition) is 7. The van der Waals surface area contributed by atoms with Gasteiger partial charge in [-0.1, -0.05) is 138 Å². The van der Waals surface area contributed by atoms with Crippen LogP contribution in [0.3, 0.4) is 0 Å². The number of rotatable bonds is 40. The summed E-state index contributed by atoms with van der Waals surface area (Å²) in [7, 11) is 1.44. The highest BCUT2D eigenvalue weighted by molar-refractivity contribution is 7.47.